The smallest absolute Gasteiger partial charge is 0.341 e. The number of aliphatic carboxylic acids is 1. The molecule has 0 atom stereocenters. The van der Waals surface area contributed by atoms with Crippen LogP contribution in [-0.4, -0.2) is 28.8 Å². The summed E-state index contributed by atoms with van der Waals surface area (Å²) in [5.41, 5.74) is -1.11. The Labute approximate surface area is 87.9 Å². The normalized spacial score (nSPS) is 9.88. The molecule has 0 aliphatic heterocycles. The number of rotatable bonds is 4. The monoisotopic (exact) mass is 232 g/mol. The summed E-state index contributed by atoms with van der Waals surface area (Å²) >= 11 is 0. The number of carbonyl (C=O) groups is 2. The van der Waals surface area contributed by atoms with E-state index in [1.807, 2.05) is 0 Å². The molecule has 1 rings (SSSR count). The molecule has 0 saturated carbocycles. The number of hydrogen-bond donors (Lipinski definition) is 2. The van der Waals surface area contributed by atoms with Gasteiger partial charge >= 0.3 is 11.9 Å². The molecule has 86 valence electrons. The molecule has 0 heterocycles. The van der Waals surface area contributed by atoms with Crippen molar-refractivity contribution in [3.63, 3.8) is 0 Å². The van der Waals surface area contributed by atoms with Gasteiger partial charge in [0.15, 0.2) is 6.61 Å². The minimum absolute atomic E-state index is 0.387. The summed E-state index contributed by atoms with van der Waals surface area (Å²) in [6.07, 6.45) is 0. The van der Waals surface area contributed by atoms with Gasteiger partial charge in [-0.2, -0.15) is 0 Å². The van der Waals surface area contributed by atoms with Gasteiger partial charge in [0.05, 0.1) is 0 Å². The maximum atomic E-state index is 13.0. The number of carboxylic acids is 2. The largest absolute Gasteiger partial charge is 0.482 e. The molecule has 0 aliphatic carbocycles. The van der Waals surface area contributed by atoms with Crippen LogP contribution in [0, 0.1) is 11.6 Å². The molecule has 0 bridgehead atoms. The first-order valence-corrected chi connectivity index (χ1v) is 3.98. The van der Waals surface area contributed by atoms with E-state index in [1.54, 1.807) is 0 Å². The first-order valence-electron chi connectivity index (χ1n) is 3.98. The fourth-order valence-corrected chi connectivity index (χ4v) is 0.983. The Morgan fingerprint density at radius 3 is 2.06 bits per heavy atom. The second-order valence-electron chi connectivity index (χ2n) is 2.75. The minimum atomic E-state index is -1.75. The van der Waals surface area contributed by atoms with Crippen LogP contribution in [0.25, 0.3) is 0 Å². The molecule has 0 fully saturated rings. The van der Waals surface area contributed by atoms with Crippen molar-refractivity contribution < 1.29 is 33.3 Å². The van der Waals surface area contributed by atoms with Crippen molar-refractivity contribution in [1.29, 1.82) is 0 Å². The van der Waals surface area contributed by atoms with Crippen LogP contribution in [-0.2, 0) is 4.79 Å². The van der Waals surface area contributed by atoms with Gasteiger partial charge in [-0.1, -0.05) is 0 Å². The highest BCUT2D eigenvalue weighted by molar-refractivity contribution is 5.88. The molecule has 1 aromatic rings. The molecule has 0 radical (unpaired) electrons. The topological polar surface area (TPSA) is 83.8 Å². The van der Waals surface area contributed by atoms with Crippen molar-refractivity contribution in [1.82, 2.24) is 0 Å². The van der Waals surface area contributed by atoms with Crippen molar-refractivity contribution in [3.8, 4) is 5.75 Å². The molecule has 16 heavy (non-hydrogen) atoms. The quantitative estimate of drug-likeness (QED) is 0.812. The average Bonchev–Trinajstić information content (AvgIpc) is 2.12. The van der Waals surface area contributed by atoms with Crippen LogP contribution in [0.2, 0.25) is 0 Å². The van der Waals surface area contributed by atoms with Crippen LogP contribution in [0.1, 0.15) is 10.4 Å². The number of aromatic carboxylic acids is 1. The van der Waals surface area contributed by atoms with Gasteiger partial charge in [-0.25, -0.2) is 18.4 Å². The van der Waals surface area contributed by atoms with E-state index in [0.717, 1.165) is 0 Å². The van der Waals surface area contributed by atoms with Gasteiger partial charge in [-0.15, -0.1) is 0 Å². The number of benzene rings is 1. The third-order valence-electron chi connectivity index (χ3n) is 1.59. The summed E-state index contributed by atoms with van der Waals surface area (Å²) < 4.78 is 30.6. The number of carboxylic acid groups (broad SMARTS) is 2. The van der Waals surface area contributed by atoms with Crippen molar-refractivity contribution in [2.45, 2.75) is 0 Å². The fraction of sp³-hybridized carbons (Fsp3) is 0.111. The molecule has 0 saturated heterocycles. The maximum Gasteiger partial charge on any atom is 0.341 e. The summed E-state index contributed by atoms with van der Waals surface area (Å²) in [7, 11) is 0. The van der Waals surface area contributed by atoms with E-state index in [-0.39, 0.29) is 5.75 Å². The Kier molecular flexibility index (Phi) is 3.39. The molecule has 0 aromatic heterocycles. The second kappa shape index (κ2) is 4.56. The van der Waals surface area contributed by atoms with E-state index in [4.69, 9.17) is 10.2 Å². The minimum Gasteiger partial charge on any atom is -0.482 e. The number of ether oxygens (including phenoxy) is 1. The van der Waals surface area contributed by atoms with Crippen molar-refractivity contribution in [2.24, 2.45) is 0 Å². The Bertz CT molecular complexity index is 421. The molecule has 0 unspecified atom stereocenters. The maximum absolute atomic E-state index is 13.0. The SMILES string of the molecule is O=C(O)COc1cc(F)c(C(=O)O)c(F)c1. The van der Waals surface area contributed by atoms with E-state index in [1.165, 1.54) is 0 Å². The zero-order valence-electron chi connectivity index (χ0n) is 7.74. The zero-order chi connectivity index (χ0) is 12.3. The summed E-state index contributed by atoms with van der Waals surface area (Å²) in [6.45, 7) is -0.773. The van der Waals surface area contributed by atoms with Crippen molar-refractivity contribution in [2.75, 3.05) is 6.61 Å². The van der Waals surface area contributed by atoms with Crippen LogP contribution < -0.4 is 4.74 Å². The van der Waals surface area contributed by atoms with E-state index < -0.39 is 35.7 Å². The molecule has 7 heteroatoms. The third kappa shape index (κ3) is 2.66. The molecular formula is C9H6F2O5. The van der Waals surface area contributed by atoms with Crippen molar-refractivity contribution in [3.05, 3.63) is 29.3 Å². The summed E-state index contributed by atoms with van der Waals surface area (Å²) in [4.78, 5) is 20.5. The lowest BCUT2D eigenvalue weighted by atomic mass is 10.2. The van der Waals surface area contributed by atoms with Gasteiger partial charge in [0.1, 0.15) is 22.9 Å². The fourth-order valence-electron chi connectivity index (χ4n) is 0.983. The lowest BCUT2D eigenvalue weighted by Gasteiger charge is -2.05. The highest BCUT2D eigenvalue weighted by Gasteiger charge is 2.18. The van der Waals surface area contributed by atoms with Crippen LogP contribution in [0.3, 0.4) is 0 Å². The standard InChI is InChI=1S/C9H6F2O5/c10-5-1-4(16-3-7(12)13)2-6(11)8(5)9(14)15/h1-2H,3H2,(H,12,13)(H,14,15). The average molecular weight is 232 g/mol. The zero-order valence-corrected chi connectivity index (χ0v) is 7.74. The number of hydrogen-bond acceptors (Lipinski definition) is 3. The van der Waals surface area contributed by atoms with Gasteiger partial charge < -0.3 is 14.9 Å². The predicted octanol–water partition coefficient (Wildman–Crippen LogP) is 1.13. The molecule has 0 spiro atoms. The molecule has 0 amide bonds. The van der Waals surface area contributed by atoms with Gasteiger partial charge in [0.25, 0.3) is 0 Å². The van der Waals surface area contributed by atoms with Crippen LogP contribution >= 0.6 is 0 Å². The highest BCUT2D eigenvalue weighted by atomic mass is 19.1. The third-order valence-corrected chi connectivity index (χ3v) is 1.59. The number of halogens is 2. The molecule has 0 aliphatic rings. The second-order valence-corrected chi connectivity index (χ2v) is 2.75. The Morgan fingerprint density at radius 2 is 1.69 bits per heavy atom. The van der Waals surface area contributed by atoms with Crippen molar-refractivity contribution >= 4 is 11.9 Å². The van der Waals surface area contributed by atoms with Gasteiger partial charge in [-0.3, -0.25) is 0 Å². The van der Waals surface area contributed by atoms with E-state index >= 15 is 0 Å². The van der Waals surface area contributed by atoms with Gasteiger partial charge in [0.2, 0.25) is 0 Å². The van der Waals surface area contributed by atoms with Gasteiger partial charge in [-0.05, 0) is 0 Å². The predicted molar refractivity (Wildman–Crippen MR) is 46.4 cm³/mol. The van der Waals surface area contributed by atoms with Crippen LogP contribution in [0.15, 0.2) is 12.1 Å². The molecule has 2 N–H and O–H groups in total. The first-order chi connectivity index (χ1) is 7.41. The molecule has 5 nitrogen and oxygen atoms in total. The summed E-state index contributed by atoms with van der Waals surface area (Å²) in [5.74, 6) is -6.11. The first kappa shape index (κ1) is 11.9. The Hall–Kier alpha value is -2.18. The highest BCUT2D eigenvalue weighted by Crippen LogP contribution is 2.20. The summed E-state index contributed by atoms with van der Waals surface area (Å²) in [6, 6.07) is 1.21. The Balaban J connectivity index is 3.00. The Morgan fingerprint density at radius 1 is 1.19 bits per heavy atom. The van der Waals surface area contributed by atoms with E-state index in [0.29, 0.717) is 12.1 Å². The molecular weight excluding hydrogens is 226 g/mol. The molecule has 1 aromatic carbocycles. The van der Waals surface area contributed by atoms with Crippen LogP contribution in [0.4, 0.5) is 8.78 Å². The lowest BCUT2D eigenvalue weighted by molar-refractivity contribution is -0.139. The summed E-state index contributed by atoms with van der Waals surface area (Å²) in [5, 5.41) is 16.7. The van der Waals surface area contributed by atoms with E-state index in [2.05, 4.69) is 4.74 Å². The van der Waals surface area contributed by atoms with Gasteiger partial charge in [0, 0.05) is 12.1 Å². The lowest BCUT2D eigenvalue weighted by Crippen LogP contribution is -2.11. The van der Waals surface area contributed by atoms with E-state index in [9.17, 15) is 18.4 Å². The van der Waals surface area contributed by atoms with Crippen LogP contribution in [0.5, 0.6) is 5.75 Å².